The van der Waals surface area contributed by atoms with Crippen molar-refractivity contribution in [1.29, 1.82) is 0 Å². The predicted octanol–water partition coefficient (Wildman–Crippen LogP) is 0.591. The number of amides is 1. The van der Waals surface area contributed by atoms with Gasteiger partial charge in [-0.05, 0) is 13.0 Å². The van der Waals surface area contributed by atoms with Crippen molar-refractivity contribution < 1.29 is 9.72 Å². The summed E-state index contributed by atoms with van der Waals surface area (Å²) >= 11 is 0. The summed E-state index contributed by atoms with van der Waals surface area (Å²) in [4.78, 5) is 25.9. The lowest BCUT2D eigenvalue weighted by atomic mass is 10.2. The van der Waals surface area contributed by atoms with Gasteiger partial charge < -0.3 is 15.5 Å². The molecule has 0 spiro atoms. The minimum Gasteiger partial charge on any atom is -0.368 e. The Hall–Kier alpha value is -2.15. The molecule has 7 heteroatoms. The number of hydrogen-bond donors (Lipinski definition) is 1. The van der Waals surface area contributed by atoms with Gasteiger partial charge in [0.25, 0.3) is 5.69 Å². The molecule has 0 saturated carbocycles. The molecule has 20 heavy (non-hydrogen) atoms. The SMILES string of the molecule is CC(N)C(=O)N1CCN(c2cccc([N+](=O)[O-])c2)CC1. The molecule has 1 aliphatic heterocycles. The first-order valence-corrected chi connectivity index (χ1v) is 6.53. The number of anilines is 1. The van der Waals surface area contributed by atoms with Gasteiger partial charge in [-0.1, -0.05) is 6.07 Å². The molecule has 1 saturated heterocycles. The van der Waals surface area contributed by atoms with Gasteiger partial charge in [-0.25, -0.2) is 0 Å². The smallest absolute Gasteiger partial charge is 0.271 e. The standard InChI is InChI=1S/C13H18N4O3/c1-10(14)13(18)16-7-5-15(6-8-16)11-3-2-4-12(9-11)17(19)20/h2-4,9-10H,5-8,14H2,1H3. The van der Waals surface area contributed by atoms with E-state index in [4.69, 9.17) is 5.73 Å². The van der Waals surface area contributed by atoms with Crippen molar-refractivity contribution in [2.75, 3.05) is 31.1 Å². The van der Waals surface area contributed by atoms with Crippen LogP contribution in [0.2, 0.25) is 0 Å². The average molecular weight is 278 g/mol. The van der Waals surface area contributed by atoms with Gasteiger partial charge in [0.15, 0.2) is 0 Å². The highest BCUT2D eigenvalue weighted by atomic mass is 16.6. The number of benzene rings is 1. The van der Waals surface area contributed by atoms with Gasteiger partial charge in [-0.3, -0.25) is 14.9 Å². The minimum atomic E-state index is -0.487. The van der Waals surface area contributed by atoms with Crippen LogP contribution in [0.25, 0.3) is 0 Å². The van der Waals surface area contributed by atoms with E-state index in [0.29, 0.717) is 26.2 Å². The Labute approximate surface area is 117 Å². The number of carbonyl (C=O) groups is 1. The van der Waals surface area contributed by atoms with E-state index in [1.54, 1.807) is 24.0 Å². The van der Waals surface area contributed by atoms with E-state index >= 15 is 0 Å². The summed E-state index contributed by atoms with van der Waals surface area (Å²) < 4.78 is 0. The van der Waals surface area contributed by atoms with Crippen LogP contribution in [0.1, 0.15) is 6.92 Å². The number of carbonyl (C=O) groups excluding carboxylic acids is 1. The third-order valence-electron chi connectivity index (χ3n) is 3.39. The fraction of sp³-hybridized carbons (Fsp3) is 0.462. The monoisotopic (exact) mass is 278 g/mol. The van der Waals surface area contributed by atoms with Crippen LogP contribution < -0.4 is 10.6 Å². The zero-order chi connectivity index (χ0) is 14.7. The van der Waals surface area contributed by atoms with Crippen LogP contribution >= 0.6 is 0 Å². The lowest BCUT2D eigenvalue weighted by molar-refractivity contribution is -0.384. The van der Waals surface area contributed by atoms with Crippen molar-refractivity contribution in [3.05, 3.63) is 34.4 Å². The Morgan fingerprint density at radius 1 is 1.35 bits per heavy atom. The number of nitro groups is 1. The normalized spacial score (nSPS) is 16.9. The molecule has 1 amide bonds. The third-order valence-corrected chi connectivity index (χ3v) is 3.39. The highest BCUT2D eigenvalue weighted by Crippen LogP contribution is 2.22. The second-order valence-electron chi connectivity index (χ2n) is 4.88. The Morgan fingerprint density at radius 2 is 2.00 bits per heavy atom. The maximum Gasteiger partial charge on any atom is 0.271 e. The fourth-order valence-corrected chi connectivity index (χ4v) is 2.28. The van der Waals surface area contributed by atoms with E-state index in [1.165, 1.54) is 6.07 Å². The first-order valence-electron chi connectivity index (χ1n) is 6.53. The van der Waals surface area contributed by atoms with Crippen molar-refractivity contribution in [3.8, 4) is 0 Å². The summed E-state index contributed by atoms with van der Waals surface area (Å²) in [5.41, 5.74) is 6.48. The van der Waals surface area contributed by atoms with Crippen molar-refractivity contribution in [3.63, 3.8) is 0 Å². The van der Waals surface area contributed by atoms with E-state index in [2.05, 4.69) is 0 Å². The molecule has 1 heterocycles. The molecular formula is C13H18N4O3. The van der Waals surface area contributed by atoms with E-state index in [9.17, 15) is 14.9 Å². The first kappa shape index (κ1) is 14.3. The van der Waals surface area contributed by atoms with Gasteiger partial charge >= 0.3 is 0 Å². The van der Waals surface area contributed by atoms with Gasteiger partial charge in [-0.2, -0.15) is 0 Å². The van der Waals surface area contributed by atoms with Crippen LogP contribution in [-0.2, 0) is 4.79 Å². The molecule has 1 atom stereocenters. The van der Waals surface area contributed by atoms with Crippen molar-refractivity contribution in [1.82, 2.24) is 4.90 Å². The Kier molecular flexibility index (Phi) is 4.19. The van der Waals surface area contributed by atoms with E-state index < -0.39 is 11.0 Å². The fourth-order valence-electron chi connectivity index (χ4n) is 2.28. The Bertz CT molecular complexity index is 510. The third kappa shape index (κ3) is 3.05. The Balaban J connectivity index is 2.02. The first-order chi connectivity index (χ1) is 9.49. The number of piperazine rings is 1. The molecular weight excluding hydrogens is 260 g/mol. The molecule has 1 aromatic carbocycles. The molecule has 108 valence electrons. The molecule has 0 aromatic heterocycles. The van der Waals surface area contributed by atoms with Crippen LogP contribution in [0, 0.1) is 10.1 Å². The van der Waals surface area contributed by atoms with Crippen LogP contribution in [0.3, 0.4) is 0 Å². The van der Waals surface area contributed by atoms with E-state index in [1.807, 2.05) is 11.0 Å². The lowest BCUT2D eigenvalue weighted by Gasteiger charge is -2.36. The van der Waals surface area contributed by atoms with Crippen LogP contribution in [-0.4, -0.2) is 48.0 Å². The molecule has 0 bridgehead atoms. The van der Waals surface area contributed by atoms with Crippen LogP contribution in [0.15, 0.2) is 24.3 Å². The summed E-state index contributed by atoms with van der Waals surface area (Å²) in [6, 6.07) is 6.06. The highest BCUT2D eigenvalue weighted by molar-refractivity contribution is 5.81. The zero-order valence-electron chi connectivity index (χ0n) is 11.4. The number of nitrogens with zero attached hydrogens (tertiary/aromatic N) is 3. The van der Waals surface area contributed by atoms with Gasteiger partial charge in [0, 0.05) is 44.0 Å². The van der Waals surface area contributed by atoms with Crippen molar-refractivity contribution in [2.45, 2.75) is 13.0 Å². The molecule has 2 rings (SSSR count). The molecule has 1 fully saturated rings. The van der Waals surface area contributed by atoms with Gasteiger partial charge in [0.05, 0.1) is 11.0 Å². The quantitative estimate of drug-likeness (QED) is 0.645. The van der Waals surface area contributed by atoms with E-state index in [0.717, 1.165) is 5.69 Å². The largest absolute Gasteiger partial charge is 0.368 e. The summed E-state index contributed by atoms with van der Waals surface area (Å²) in [6.07, 6.45) is 0. The number of rotatable bonds is 3. The Morgan fingerprint density at radius 3 is 2.55 bits per heavy atom. The minimum absolute atomic E-state index is 0.0521. The summed E-state index contributed by atoms with van der Waals surface area (Å²) in [7, 11) is 0. The summed E-state index contributed by atoms with van der Waals surface area (Å²) in [5.74, 6) is -0.0521. The number of hydrogen-bond acceptors (Lipinski definition) is 5. The van der Waals surface area contributed by atoms with E-state index in [-0.39, 0.29) is 11.6 Å². The van der Waals surface area contributed by atoms with Crippen molar-refractivity contribution >= 4 is 17.3 Å². The second-order valence-corrected chi connectivity index (χ2v) is 4.88. The lowest BCUT2D eigenvalue weighted by Crippen LogP contribution is -2.52. The molecule has 1 aliphatic rings. The van der Waals surface area contributed by atoms with Gasteiger partial charge in [0.2, 0.25) is 5.91 Å². The maximum absolute atomic E-state index is 11.8. The topological polar surface area (TPSA) is 92.7 Å². The predicted molar refractivity (Wildman–Crippen MR) is 75.5 cm³/mol. The molecule has 0 radical (unpaired) electrons. The number of non-ortho nitro benzene ring substituents is 1. The summed E-state index contributed by atoms with van der Waals surface area (Å²) in [5, 5.41) is 10.8. The molecule has 2 N–H and O–H groups in total. The van der Waals surface area contributed by atoms with Gasteiger partial charge in [0.1, 0.15) is 0 Å². The molecule has 1 aromatic rings. The van der Waals surface area contributed by atoms with Gasteiger partial charge in [-0.15, -0.1) is 0 Å². The second kappa shape index (κ2) is 5.87. The van der Waals surface area contributed by atoms with Crippen LogP contribution in [0.5, 0.6) is 0 Å². The maximum atomic E-state index is 11.8. The molecule has 7 nitrogen and oxygen atoms in total. The number of nitrogens with two attached hydrogens (primary N) is 1. The highest BCUT2D eigenvalue weighted by Gasteiger charge is 2.23. The van der Waals surface area contributed by atoms with Crippen LogP contribution in [0.4, 0.5) is 11.4 Å². The summed E-state index contributed by atoms with van der Waals surface area (Å²) in [6.45, 7) is 4.15. The molecule has 1 unspecified atom stereocenters. The van der Waals surface area contributed by atoms with Crippen molar-refractivity contribution in [2.24, 2.45) is 5.73 Å². The number of nitro benzene ring substituents is 1. The average Bonchev–Trinajstić information content (AvgIpc) is 2.46. The zero-order valence-corrected chi connectivity index (χ0v) is 11.4. The molecule has 0 aliphatic carbocycles.